The Labute approximate surface area is 114 Å². The molecule has 0 spiro atoms. The molecule has 0 N–H and O–H groups in total. The normalized spacial score (nSPS) is 34.1. The molecule has 2 unspecified atom stereocenters. The summed E-state index contributed by atoms with van der Waals surface area (Å²) in [5.74, 6) is 2.41. The summed E-state index contributed by atoms with van der Waals surface area (Å²) in [5.41, 5.74) is 0. The van der Waals surface area contributed by atoms with Crippen molar-refractivity contribution in [2.45, 2.75) is 56.6 Å². The van der Waals surface area contributed by atoms with Crippen molar-refractivity contribution in [2.24, 2.45) is 11.8 Å². The van der Waals surface area contributed by atoms with Crippen LogP contribution >= 0.6 is 0 Å². The van der Waals surface area contributed by atoms with Crippen LogP contribution in [0.4, 0.5) is 0 Å². The van der Waals surface area contributed by atoms with E-state index in [0.29, 0.717) is 11.2 Å². The summed E-state index contributed by atoms with van der Waals surface area (Å²) in [5, 5.41) is 0.473. The van der Waals surface area contributed by atoms with E-state index in [9.17, 15) is 4.21 Å². The van der Waals surface area contributed by atoms with Crippen LogP contribution in [0.1, 0.15) is 51.4 Å². The van der Waals surface area contributed by atoms with Crippen LogP contribution in [0.3, 0.4) is 0 Å². The summed E-state index contributed by atoms with van der Waals surface area (Å²) < 4.78 is 12.3. The van der Waals surface area contributed by atoms with Crippen molar-refractivity contribution in [1.29, 1.82) is 0 Å². The predicted molar refractivity (Wildman–Crippen MR) is 80.1 cm³/mol. The molecule has 2 aliphatic carbocycles. The highest BCUT2D eigenvalue weighted by atomic mass is 32.2. The van der Waals surface area contributed by atoms with Crippen molar-refractivity contribution in [3.63, 3.8) is 0 Å². The first-order valence-electron chi connectivity index (χ1n) is 7.44. The molecule has 2 atom stereocenters. The maximum Gasteiger partial charge on any atom is 0.0348 e. The van der Waals surface area contributed by atoms with Gasteiger partial charge in [0.15, 0.2) is 0 Å². The summed E-state index contributed by atoms with van der Waals surface area (Å²) in [6.07, 6.45) is 16.3. The van der Waals surface area contributed by atoms with Gasteiger partial charge in [-0.15, -0.1) is 6.58 Å². The van der Waals surface area contributed by atoms with Crippen LogP contribution in [-0.2, 0) is 10.8 Å². The fraction of sp³-hybridized carbons (Fsp3) is 0.750. The van der Waals surface area contributed by atoms with E-state index in [1.807, 2.05) is 0 Å². The molecule has 2 rings (SSSR count). The molecular weight excluding hydrogens is 240 g/mol. The molecule has 0 bridgehead atoms. The SMILES string of the molecule is C=CC1CCC(S(=O)CCC2CC=CCC2)CC1. The van der Waals surface area contributed by atoms with Gasteiger partial charge < -0.3 is 0 Å². The Balaban J connectivity index is 1.68. The molecule has 0 amide bonds. The van der Waals surface area contributed by atoms with E-state index < -0.39 is 10.8 Å². The van der Waals surface area contributed by atoms with Gasteiger partial charge in [0, 0.05) is 21.8 Å². The lowest BCUT2D eigenvalue weighted by Gasteiger charge is -2.26. The number of allylic oxidation sites excluding steroid dienone is 3. The second-order valence-corrected chi connectivity index (χ2v) is 7.63. The van der Waals surface area contributed by atoms with Crippen LogP contribution in [0.25, 0.3) is 0 Å². The van der Waals surface area contributed by atoms with Gasteiger partial charge in [-0.2, -0.15) is 0 Å². The number of hydrogen-bond acceptors (Lipinski definition) is 1. The molecule has 18 heavy (non-hydrogen) atoms. The Hall–Kier alpha value is -0.370. The van der Waals surface area contributed by atoms with Gasteiger partial charge in [-0.25, -0.2) is 0 Å². The van der Waals surface area contributed by atoms with Crippen LogP contribution in [0, 0.1) is 11.8 Å². The maximum atomic E-state index is 12.3. The Kier molecular flexibility index (Phi) is 5.68. The zero-order chi connectivity index (χ0) is 12.8. The van der Waals surface area contributed by atoms with E-state index in [-0.39, 0.29) is 0 Å². The average molecular weight is 266 g/mol. The quantitative estimate of drug-likeness (QED) is 0.681. The van der Waals surface area contributed by atoms with E-state index in [4.69, 9.17) is 0 Å². The summed E-state index contributed by atoms with van der Waals surface area (Å²) in [6.45, 7) is 3.87. The van der Waals surface area contributed by atoms with E-state index >= 15 is 0 Å². The molecule has 1 saturated carbocycles. The van der Waals surface area contributed by atoms with E-state index in [2.05, 4.69) is 24.8 Å². The largest absolute Gasteiger partial charge is 0.259 e. The molecule has 102 valence electrons. The van der Waals surface area contributed by atoms with Gasteiger partial charge in [0.25, 0.3) is 0 Å². The summed E-state index contributed by atoms with van der Waals surface area (Å²) in [6, 6.07) is 0. The predicted octanol–water partition coefficient (Wildman–Crippen LogP) is 4.23. The van der Waals surface area contributed by atoms with Gasteiger partial charge >= 0.3 is 0 Å². The van der Waals surface area contributed by atoms with Crippen LogP contribution in [0.15, 0.2) is 24.8 Å². The van der Waals surface area contributed by atoms with Crippen molar-refractivity contribution in [2.75, 3.05) is 5.75 Å². The molecule has 0 aromatic rings. The lowest BCUT2D eigenvalue weighted by Crippen LogP contribution is -2.24. The van der Waals surface area contributed by atoms with Crippen LogP contribution in [-0.4, -0.2) is 15.2 Å². The van der Waals surface area contributed by atoms with Gasteiger partial charge in [-0.3, -0.25) is 4.21 Å². The summed E-state index contributed by atoms with van der Waals surface area (Å²) >= 11 is 0. The van der Waals surface area contributed by atoms with Crippen LogP contribution in [0.5, 0.6) is 0 Å². The summed E-state index contributed by atoms with van der Waals surface area (Å²) in [4.78, 5) is 0. The molecule has 0 saturated heterocycles. The minimum atomic E-state index is -0.583. The molecular formula is C16H26OS. The molecule has 0 heterocycles. The van der Waals surface area contributed by atoms with Gasteiger partial charge in [-0.1, -0.05) is 18.2 Å². The minimum absolute atomic E-state index is 0.473. The molecule has 1 nitrogen and oxygen atoms in total. The Morgan fingerprint density at radius 3 is 2.56 bits per heavy atom. The van der Waals surface area contributed by atoms with Crippen LogP contribution < -0.4 is 0 Å². The minimum Gasteiger partial charge on any atom is -0.259 e. The fourth-order valence-corrected chi connectivity index (χ4v) is 4.85. The van der Waals surface area contributed by atoms with Crippen molar-refractivity contribution in [3.05, 3.63) is 24.8 Å². The first-order chi connectivity index (χ1) is 8.79. The van der Waals surface area contributed by atoms with E-state index in [1.54, 1.807) is 0 Å². The lowest BCUT2D eigenvalue weighted by molar-refractivity contribution is 0.421. The first kappa shape index (κ1) is 14.0. The smallest absolute Gasteiger partial charge is 0.0348 e. The average Bonchev–Trinajstić information content (AvgIpc) is 2.46. The number of rotatable bonds is 5. The highest BCUT2D eigenvalue weighted by Gasteiger charge is 2.24. The zero-order valence-corrected chi connectivity index (χ0v) is 12.2. The third-order valence-corrected chi connectivity index (χ3v) is 6.38. The highest BCUT2D eigenvalue weighted by Crippen LogP contribution is 2.29. The third-order valence-electron chi connectivity index (χ3n) is 4.53. The lowest BCUT2D eigenvalue weighted by atomic mass is 9.89. The summed E-state index contributed by atoms with van der Waals surface area (Å²) in [7, 11) is -0.583. The fourth-order valence-electron chi connectivity index (χ4n) is 3.16. The van der Waals surface area contributed by atoms with Crippen molar-refractivity contribution in [3.8, 4) is 0 Å². The molecule has 1 fully saturated rings. The molecule has 0 aromatic heterocycles. The maximum absolute atomic E-state index is 12.3. The standard InChI is InChI=1S/C16H26OS/c1-2-14-8-10-16(11-9-14)18(17)13-12-15-6-4-3-5-7-15/h2-4,14-16H,1,5-13H2. The molecule has 2 aliphatic rings. The van der Waals surface area contributed by atoms with Gasteiger partial charge in [0.1, 0.15) is 0 Å². The monoisotopic (exact) mass is 266 g/mol. The van der Waals surface area contributed by atoms with Crippen molar-refractivity contribution < 1.29 is 4.21 Å². The molecule has 0 aliphatic heterocycles. The van der Waals surface area contributed by atoms with E-state index in [0.717, 1.165) is 24.5 Å². The molecule has 0 aromatic carbocycles. The number of hydrogen-bond donors (Lipinski definition) is 0. The Bertz CT molecular complexity index is 313. The van der Waals surface area contributed by atoms with Crippen molar-refractivity contribution >= 4 is 10.8 Å². The van der Waals surface area contributed by atoms with Gasteiger partial charge in [-0.05, 0) is 63.2 Å². The third kappa shape index (κ3) is 4.08. The Morgan fingerprint density at radius 1 is 1.17 bits per heavy atom. The second kappa shape index (κ2) is 7.28. The molecule has 2 heteroatoms. The second-order valence-electron chi connectivity index (χ2n) is 5.80. The highest BCUT2D eigenvalue weighted by molar-refractivity contribution is 7.85. The Morgan fingerprint density at radius 2 is 1.94 bits per heavy atom. The van der Waals surface area contributed by atoms with Crippen molar-refractivity contribution in [1.82, 2.24) is 0 Å². The van der Waals surface area contributed by atoms with Crippen LogP contribution in [0.2, 0.25) is 0 Å². The topological polar surface area (TPSA) is 17.1 Å². The molecule has 0 radical (unpaired) electrons. The van der Waals surface area contributed by atoms with E-state index in [1.165, 1.54) is 38.5 Å². The first-order valence-corrected chi connectivity index (χ1v) is 8.82. The van der Waals surface area contributed by atoms with Gasteiger partial charge in [0.2, 0.25) is 0 Å². The van der Waals surface area contributed by atoms with Gasteiger partial charge in [0.05, 0.1) is 0 Å². The zero-order valence-electron chi connectivity index (χ0n) is 11.4.